The summed E-state index contributed by atoms with van der Waals surface area (Å²) in [6.07, 6.45) is 0. The van der Waals surface area contributed by atoms with Gasteiger partial charge in [-0.25, -0.2) is 0 Å². The maximum atomic E-state index is 5.37. The molecule has 0 aromatic carbocycles. The summed E-state index contributed by atoms with van der Waals surface area (Å²) in [5.74, 6) is 1.99. The SMILES string of the molecule is Cc1ccc(CNC(C)C)o1.Cl. The highest BCUT2D eigenvalue weighted by atomic mass is 35.5. The van der Waals surface area contributed by atoms with E-state index in [-0.39, 0.29) is 12.4 Å². The Hall–Kier alpha value is -0.470. The summed E-state index contributed by atoms with van der Waals surface area (Å²) in [6.45, 7) is 7.02. The Kier molecular flexibility index (Phi) is 5.02. The molecule has 70 valence electrons. The summed E-state index contributed by atoms with van der Waals surface area (Å²) < 4.78 is 5.37. The van der Waals surface area contributed by atoms with Crippen molar-refractivity contribution in [1.29, 1.82) is 0 Å². The van der Waals surface area contributed by atoms with Crippen LogP contribution in [0.2, 0.25) is 0 Å². The Labute approximate surface area is 79.8 Å². The van der Waals surface area contributed by atoms with Crippen molar-refractivity contribution >= 4 is 12.4 Å². The maximum Gasteiger partial charge on any atom is 0.117 e. The third-order valence-electron chi connectivity index (χ3n) is 1.48. The standard InChI is InChI=1S/C9H15NO.ClH/c1-7(2)10-6-9-5-4-8(3)11-9;/h4-5,7,10H,6H2,1-3H3;1H. The van der Waals surface area contributed by atoms with Gasteiger partial charge < -0.3 is 9.73 Å². The predicted octanol–water partition coefficient (Wildman–Crippen LogP) is 2.51. The van der Waals surface area contributed by atoms with Gasteiger partial charge >= 0.3 is 0 Å². The minimum absolute atomic E-state index is 0. The number of nitrogens with one attached hydrogen (secondary N) is 1. The van der Waals surface area contributed by atoms with E-state index in [1.807, 2.05) is 19.1 Å². The molecule has 0 aliphatic carbocycles. The van der Waals surface area contributed by atoms with Crippen LogP contribution in [0.25, 0.3) is 0 Å². The lowest BCUT2D eigenvalue weighted by molar-refractivity contribution is 0.448. The van der Waals surface area contributed by atoms with Gasteiger partial charge in [0, 0.05) is 6.04 Å². The first-order chi connectivity index (χ1) is 5.18. The number of hydrogen-bond acceptors (Lipinski definition) is 2. The molecule has 1 aromatic heterocycles. The van der Waals surface area contributed by atoms with E-state index in [1.165, 1.54) is 0 Å². The zero-order chi connectivity index (χ0) is 8.27. The van der Waals surface area contributed by atoms with Crippen LogP contribution in [0, 0.1) is 6.92 Å². The van der Waals surface area contributed by atoms with Crippen molar-refractivity contribution in [3.8, 4) is 0 Å². The quantitative estimate of drug-likeness (QED) is 0.791. The second-order valence-corrected chi connectivity index (χ2v) is 3.05. The molecule has 12 heavy (non-hydrogen) atoms. The second kappa shape index (κ2) is 5.22. The van der Waals surface area contributed by atoms with Crippen molar-refractivity contribution in [3.05, 3.63) is 23.7 Å². The fraction of sp³-hybridized carbons (Fsp3) is 0.556. The summed E-state index contributed by atoms with van der Waals surface area (Å²) >= 11 is 0. The van der Waals surface area contributed by atoms with Gasteiger partial charge in [-0.3, -0.25) is 0 Å². The van der Waals surface area contributed by atoms with Crippen LogP contribution in [0.15, 0.2) is 16.5 Å². The van der Waals surface area contributed by atoms with E-state index in [0.29, 0.717) is 6.04 Å². The first kappa shape index (κ1) is 11.5. The van der Waals surface area contributed by atoms with Crippen LogP contribution < -0.4 is 5.32 Å². The molecular weight excluding hydrogens is 174 g/mol. The molecular formula is C9H16ClNO. The van der Waals surface area contributed by atoms with Gasteiger partial charge in [0.1, 0.15) is 11.5 Å². The number of rotatable bonds is 3. The molecule has 0 radical (unpaired) electrons. The lowest BCUT2D eigenvalue weighted by Crippen LogP contribution is -2.21. The van der Waals surface area contributed by atoms with Crippen LogP contribution in [-0.4, -0.2) is 6.04 Å². The van der Waals surface area contributed by atoms with Crippen LogP contribution in [0.3, 0.4) is 0 Å². The Morgan fingerprint density at radius 3 is 2.50 bits per heavy atom. The average Bonchev–Trinajstić information content (AvgIpc) is 2.31. The number of aryl methyl sites for hydroxylation is 1. The molecule has 0 fully saturated rings. The lowest BCUT2D eigenvalue weighted by Gasteiger charge is -2.04. The molecule has 1 aromatic rings. The van der Waals surface area contributed by atoms with Crippen molar-refractivity contribution in [2.24, 2.45) is 0 Å². The van der Waals surface area contributed by atoms with Crippen molar-refractivity contribution in [1.82, 2.24) is 5.32 Å². The molecule has 0 amide bonds. The van der Waals surface area contributed by atoms with Gasteiger partial charge in [-0.15, -0.1) is 12.4 Å². The predicted molar refractivity (Wildman–Crippen MR) is 52.7 cm³/mol. The Bertz CT molecular complexity index is 220. The van der Waals surface area contributed by atoms with Gasteiger partial charge in [0.25, 0.3) is 0 Å². The van der Waals surface area contributed by atoms with Gasteiger partial charge in [0.15, 0.2) is 0 Å². The minimum atomic E-state index is 0. The third kappa shape index (κ3) is 3.79. The number of furan rings is 1. The molecule has 0 aliphatic heterocycles. The van der Waals surface area contributed by atoms with E-state index in [0.717, 1.165) is 18.1 Å². The van der Waals surface area contributed by atoms with E-state index < -0.39 is 0 Å². The molecule has 0 saturated carbocycles. The highest BCUT2D eigenvalue weighted by molar-refractivity contribution is 5.85. The van der Waals surface area contributed by atoms with E-state index >= 15 is 0 Å². The summed E-state index contributed by atoms with van der Waals surface area (Å²) in [4.78, 5) is 0. The number of halogens is 1. The number of hydrogen-bond donors (Lipinski definition) is 1. The molecule has 0 saturated heterocycles. The molecule has 1 heterocycles. The fourth-order valence-electron chi connectivity index (χ4n) is 0.885. The van der Waals surface area contributed by atoms with Gasteiger partial charge in [0.05, 0.1) is 6.54 Å². The Morgan fingerprint density at radius 1 is 1.42 bits per heavy atom. The van der Waals surface area contributed by atoms with Crippen LogP contribution >= 0.6 is 12.4 Å². The third-order valence-corrected chi connectivity index (χ3v) is 1.48. The molecule has 2 nitrogen and oxygen atoms in total. The van der Waals surface area contributed by atoms with E-state index in [4.69, 9.17) is 4.42 Å². The Morgan fingerprint density at radius 2 is 2.08 bits per heavy atom. The molecule has 0 bridgehead atoms. The lowest BCUT2D eigenvalue weighted by atomic mass is 10.3. The summed E-state index contributed by atoms with van der Waals surface area (Å²) in [6, 6.07) is 4.50. The van der Waals surface area contributed by atoms with E-state index in [9.17, 15) is 0 Å². The van der Waals surface area contributed by atoms with Crippen LogP contribution in [0.5, 0.6) is 0 Å². The zero-order valence-electron chi connectivity index (χ0n) is 7.76. The van der Waals surface area contributed by atoms with Gasteiger partial charge in [-0.2, -0.15) is 0 Å². The molecule has 0 spiro atoms. The monoisotopic (exact) mass is 189 g/mol. The first-order valence-corrected chi connectivity index (χ1v) is 3.97. The summed E-state index contributed by atoms with van der Waals surface area (Å²) in [5.41, 5.74) is 0. The molecule has 1 N–H and O–H groups in total. The van der Waals surface area contributed by atoms with Gasteiger partial charge in [-0.1, -0.05) is 13.8 Å². The smallest absolute Gasteiger partial charge is 0.117 e. The van der Waals surface area contributed by atoms with E-state index in [1.54, 1.807) is 0 Å². The van der Waals surface area contributed by atoms with Gasteiger partial charge in [-0.05, 0) is 19.1 Å². The summed E-state index contributed by atoms with van der Waals surface area (Å²) in [5, 5.41) is 3.28. The molecule has 0 aliphatic rings. The molecule has 0 atom stereocenters. The van der Waals surface area contributed by atoms with Crippen LogP contribution in [-0.2, 0) is 6.54 Å². The van der Waals surface area contributed by atoms with Crippen LogP contribution in [0.1, 0.15) is 25.4 Å². The van der Waals surface area contributed by atoms with Gasteiger partial charge in [0.2, 0.25) is 0 Å². The fourth-order valence-corrected chi connectivity index (χ4v) is 0.885. The normalized spacial score (nSPS) is 10.0. The van der Waals surface area contributed by atoms with Crippen molar-refractivity contribution in [2.45, 2.75) is 33.4 Å². The first-order valence-electron chi connectivity index (χ1n) is 3.97. The van der Waals surface area contributed by atoms with E-state index in [2.05, 4.69) is 19.2 Å². The topological polar surface area (TPSA) is 25.2 Å². The minimum Gasteiger partial charge on any atom is -0.465 e. The van der Waals surface area contributed by atoms with Crippen LogP contribution in [0.4, 0.5) is 0 Å². The zero-order valence-corrected chi connectivity index (χ0v) is 8.57. The summed E-state index contributed by atoms with van der Waals surface area (Å²) in [7, 11) is 0. The second-order valence-electron chi connectivity index (χ2n) is 3.05. The van der Waals surface area contributed by atoms with Crippen molar-refractivity contribution in [2.75, 3.05) is 0 Å². The Balaban J connectivity index is 0.00000121. The molecule has 0 unspecified atom stereocenters. The van der Waals surface area contributed by atoms with Crippen molar-refractivity contribution < 1.29 is 4.42 Å². The van der Waals surface area contributed by atoms with Crippen molar-refractivity contribution in [3.63, 3.8) is 0 Å². The highest BCUT2D eigenvalue weighted by Gasteiger charge is 1.98. The average molecular weight is 190 g/mol. The molecule has 3 heteroatoms. The maximum absolute atomic E-state index is 5.37. The largest absolute Gasteiger partial charge is 0.465 e. The highest BCUT2D eigenvalue weighted by Crippen LogP contribution is 2.05. The molecule has 1 rings (SSSR count).